The fraction of sp³-hybridized carbons (Fsp3) is 0.261. The number of thiazole rings is 1. The molecule has 3 aromatic rings. The number of fused-ring (bicyclic) bond motifs is 1. The molecule has 4 rings (SSSR count). The van der Waals surface area contributed by atoms with E-state index in [-0.39, 0.29) is 12.2 Å². The number of esters is 1. The van der Waals surface area contributed by atoms with Crippen LogP contribution in [0.25, 0.3) is 6.08 Å². The lowest BCUT2D eigenvalue weighted by molar-refractivity contribution is -0.139. The van der Waals surface area contributed by atoms with E-state index < -0.39 is 12.0 Å². The second-order valence-electron chi connectivity index (χ2n) is 6.93. The second-order valence-corrected chi connectivity index (χ2v) is 8.92. The topological polar surface area (TPSA) is 79.1 Å². The average molecular weight is 471 g/mol. The molecule has 1 aromatic carbocycles. The minimum Gasteiger partial charge on any atom is -0.493 e. The summed E-state index contributed by atoms with van der Waals surface area (Å²) in [5.41, 5.74) is 1.53. The summed E-state index contributed by atoms with van der Waals surface area (Å²) >= 11 is 2.77. The average Bonchev–Trinajstić information content (AvgIpc) is 3.41. The molecule has 166 valence electrons. The van der Waals surface area contributed by atoms with Gasteiger partial charge in [-0.1, -0.05) is 23.5 Å². The molecule has 0 radical (unpaired) electrons. The molecule has 1 unspecified atom stereocenters. The van der Waals surface area contributed by atoms with Gasteiger partial charge in [0.05, 0.1) is 36.6 Å². The zero-order chi connectivity index (χ0) is 22.8. The van der Waals surface area contributed by atoms with Gasteiger partial charge in [-0.15, -0.1) is 11.3 Å². The third kappa shape index (κ3) is 3.89. The molecular weight excluding hydrogens is 448 g/mol. The molecule has 0 spiro atoms. The summed E-state index contributed by atoms with van der Waals surface area (Å²) in [4.78, 5) is 32.3. The van der Waals surface area contributed by atoms with Crippen LogP contribution in [0.15, 0.2) is 56.8 Å². The summed E-state index contributed by atoms with van der Waals surface area (Å²) in [6.07, 6.45) is 1.79. The van der Waals surface area contributed by atoms with Crippen molar-refractivity contribution in [2.24, 2.45) is 4.99 Å². The maximum absolute atomic E-state index is 13.5. The Hall–Kier alpha value is -3.17. The highest BCUT2D eigenvalue weighted by atomic mass is 32.1. The van der Waals surface area contributed by atoms with Crippen LogP contribution in [0.3, 0.4) is 0 Å². The Balaban J connectivity index is 1.90. The molecule has 9 heteroatoms. The van der Waals surface area contributed by atoms with Crippen LogP contribution in [0.1, 0.15) is 30.3 Å². The molecule has 2 aromatic heterocycles. The van der Waals surface area contributed by atoms with Crippen LogP contribution >= 0.6 is 22.7 Å². The fourth-order valence-corrected chi connectivity index (χ4v) is 5.47. The first kappa shape index (κ1) is 22.0. The van der Waals surface area contributed by atoms with Crippen LogP contribution in [0.4, 0.5) is 0 Å². The number of thiophene rings is 1. The van der Waals surface area contributed by atoms with Gasteiger partial charge in [0.25, 0.3) is 5.56 Å². The van der Waals surface area contributed by atoms with Crippen LogP contribution < -0.4 is 24.4 Å². The Morgan fingerprint density at radius 1 is 1.22 bits per heavy atom. The maximum atomic E-state index is 13.5. The van der Waals surface area contributed by atoms with E-state index in [1.54, 1.807) is 44.8 Å². The monoisotopic (exact) mass is 470 g/mol. The van der Waals surface area contributed by atoms with Gasteiger partial charge >= 0.3 is 5.97 Å². The van der Waals surface area contributed by atoms with E-state index in [0.29, 0.717) is 32.1 Å². The summed E-state index contributed by atoms with van der Waals surface area (Å²) in [5, 5.41) is 1.92. The molecular formula is C23H22N2O5S2. The van der Waals surface area contributed by atoms with Crippen molar-refractivity contribution in [2.75, 3.05) is 20.8 Å². The molecule has 7 nitrogen and oxygen atoms in total. The van der Waals surface area contributed by atoms with Gasteiger partial charge in [-0.05, 0) is 49.1 Å². The van der Waals surface area contributed by atoms with E-state index in [2.05, 4.69) is 4.99 Å². The van der Waals surface area contributed by atoms with Crippen LogP contribution in [-0.2, 0) is 9.53 Å². The third-order valence-corrected chi connectivity index (χ3v) is 6.94. The molecule has 1 aliphatic rings. The van der Waals surface area contributed by atoms with Crippen molar-refractivity contribution in [1.29, 1.82) is 0 Å². The van der Waals surface area contributed by atoms with E-state index in [1.807, 2.05) is 29.6 Å². The number of rotatable bonds is 6. The fourth-order valence-electron chi connectivity index (χ4n) is 3.60. The summed E-state index contributed by atoms with van der Waals surface area (Å²) in [7, 11) is 3.14. The highest BCUT2D eigenvalue weighted by molar-refractivity contribution is 7.10. The van der Waals surface area contributed by atoms with Crippen molar-refractivity contribution in [2.45, 2.75) is 19.9 Å². The van der Waals surface area contributed by atoms with Crippen LogP contribution in [0.2, 0.25) is 0 Å². The summed E-state index contributed by atoms with van der Waals surface area (Å²) < 4.78 is 18.0. The molecule has 0 N–H and O–H groups in total. The van der Waals surface area contributed by atoms with E-state index in [1.165, 1.54) is 22.7 Å². The van der Waals surface area contributed by atoms with Gasteiger partial charge in [0.15, 0.2) is 16.3 Å². The van der Waals surface area contributed by atoms with Crippen molar-refractivity contribution in [3.63, 3.8) is 0 Å². The second kappa shape index (κ2) is 9.13. The molecule has 0 aliphatic carbocycles. The predicted octanol–water partition coefficient (Wildman–Crippen LogP) is 2.88. The Labute approximate surface area is 192 Å². The number of hydrogen-bond donors (Lipinski definition) is 0. The standard InChI is InChI=1S/C23H22N2O5S2/c1-5-30-22(27)19-13(2)24-23-25(20(19)17-7-6-10-31-17)21(26)18(32-23)12-14-8-9-15(28-3)16(11-14)29-4/h6-12,20H,5H2,1-4H3/b18-12+. The summed E-state index contributed by atoms with van der Waals surface area (Å²) in [6.45, 7) is 3.78. The predicted molar refractivity (Wildman–Crippen MR) is 124 cm³/mol. The zero-order valence-corrected chi connectivity index (χ0v) is 19.7. The largest absolute Gasteiger partial charge is 0.493 e. The first-order chi connectivity index (χ1) is 15.5. The molecule has 32 heavy (non-hydrogen) atoms. The number of aromatic nitrogens is 1. The smallest absolute Gasteiger partial charge is 0.338 e. The van der Waals surface area contributed by atoms with Crippen molar-refractivity contribution >= 4 is 34.7 Å². The summed E-state index contributed by atoms with van der Waals surface area (Å²) in [5.74, 6) is 0.728. The van der Waals surface area contributed by atoms with Crippen LogP contribution in [-0.4, -0.2) is 31.4 Å². The van der Waals surface area contributed by atoms with Gasteiger partial charge in [-0.2, -0.15) is 0 Å². The van der Waals surface area contributed by atoms with Gasteiger partial charge in [0.2, 0.25) is 0 Å². The lowest BCUT2D eigenvalue weighted by Crippen LogP contribution is -2.39. The van der Waals surface area contributed by atoms with Crippen LogP contribution in [0, 0.1) is 0 Å². The molecule has 0 bridgehead atoms. The number of carbonyl (C=O) groups excluding carboxylic acids is 1. The first-order valence-electron chi connectivity index (χ1n) is 9.93. The number of ether oxygens (including phenoxy) is 3. The lowest BCUT2D eigenvalue weighted by Gasteiger charge is -2.23. The number of allylic oxidation sites excluding steroid dienone is 1. The molecule has 0 saturated heterocycles. The molecule has 3 heterocycles. The lowest BCUT2D eigenvalue weighted by atomic mass is 10.0. The van der Waals surface area contributed by atoms with Crippen molar-refractivity contribution in [1.82, 2.24) is 4.57 Å². The van der Waals surface area contributed by atoms with Crippen molar-refractivity contribution < 1.29 is 19.0 Å². The highest BCUT2D eigenvalue weighted by Gasteiger charge is 2.33. The Bertz CT molecular complexity index is 1370. The summed E-state index contributed by atoms with van der Waals surface area (Å²) in [6, 6.07) is 8.70. The third-order valence-electron chi connectivity index (χ3n) is 5.04. The minimum absolute atomic E-state index is 0.212. The Kier molecular flexibility index (Phi) is 6.29. The van der Waals surface area contributed by atoms with Crippen molar-refractivity contribution in [3.8, 4) is 11.5 Å². The van der Waals surface area contributed by atoms with E-state index in [4.69, 9.17) is 14.2 Å². The first-order valence-corrected chi connectivity index (χ1v) is 11.6. The molecule has 0 fully saturated rings. The van der Waals surface area contributed by atoms with Gasteiger partial charge in [-0.25, -0.2) is 9.79 Å². The zero-order valence-electron chi connectivity index (χ0n) is 18.1. The number of nitrogens with zero attached hydrogens (tertiary/aromatic N) is 2. The molecule has 0 amide bonds. The van der Waals surface area contributed by atoms with E-state index in [0.717, 1.165) is 10.4 Å². The highest BCUT2D eigenvalue weighted by Crippen LogP contribution is 2.33. The van der Waals surface area contributed by atoms with Gasteiger partial charge in [0.1, 0.15) is 6.04 Å². The Morgan fingerprint density at radius 3 is 2.66 bits per heavy atom. The van der Waals surface area contributed by atoms with Crippen LogP contribution in [0.5, 0.6) is 11.5 Å². The molecule has 0 saturated carbocycles. The number of carbonyl (C=O) groups is 1. The normalized spacial score (nSPS) is 15.9. The van der Waals surface area contributed by atoms with Crippen molar-refractivity contribution in [3.05, 3.63) is 77.1 Å². The van der Waals surface area contributed by atoms with Gasteiger partial charge < -0.3 is 14.2 Å². The SMILES string of the molecule is CCOC(=O)C1=C(C)N=c2s/c(=C/c3ccc(OC)c(OC)c3)c(=O)n2C1c1cccs1. The number of hydrogen-bond acceptors (Lipinski definition) is 8. The minimum atomic E-state index is -0.571. The maximum Gasteiger partial charge on any atom is 0.338 e. The molecule has 1 atom stereocenters. The number of benzene rings is 1. The quantitative estimate of drug-likeness (QED) is 0.518. The van der Waals surface area contributed by atoms with E-state index >= 15 is 0 Å². The van der Waals surface area contributed by atoms with Gasteiger partial charge in [-0.3, -0.25) is 9.36 Å². The number of methoxy groups -OCH3 is 2. The van der Waals surface area contributed by atoms with Gasteiger partial charge in [0, 0.05) is 4.88 Å². The van der Waals surface area contributed by atoms with E-state index in [9.17, 15) is 9.59 Å². The Morgan fingerprint density at radius 2 is 2.00 bits per heavy atom. The molecule has 1 aliphatic heterocycles.